The third-order valence-electron chi connectivity index (χ3n) is 3.14. The van der Waals surface area contributed by atoms with Gasteiger partial charge in [-0.2, -0.15) is 12.8 Å². The van der Waals surface area contributed by atoms with Crippen LogP contribution in [0.25, 0.3) is 0 Å². The van der Waals surface area contributed by atoms with Crippen LogP contribution in [-0.4, -0.2) is 31.5 Å². The number of carbonyl (C=O) groups excluding carboxylic acids is 1. The van der Waals surface area contributed by atoms with E-state index < -0.39 is 55.7 Å². The van der Waals surface area contributed by atoms with Crippen molar-refractivity contribution in [1.82, 2.24) is 0 Å². The first kappa shape index (κ1) is 16.2. The van der Waals surface area contributed by atoms with E-state index in [1.807, 2.05) is 0 Å². The zero-order valence-electron chi connectivity index (χ0n) is 10.8. The van der Waals surface area contributed by atoms with Crippen molar-refractivity contribution in [2.75, 3.05) is 17.2 Å². The van der Waals surface area contributed by atoms with Crippen LogP contribution in [0.2, 0.25) is 0 Å². The van der Waals surface area contributed by atoms with Crippen molar-refractivity contribution < 1.29 is 30.8 Å². The van der Waals surface area contributed by atoms with Crippen molar-refractivity contribution in [1.29, 1.82) is 0 Å². The Bertz CT molecular complexity index is 752. The summed E-state index contributed by atoms with van der Waals surface area (Å²) >= 11 is 0. The highest BCUT2D eigenvalue weighted by atomic mass is 32.3. The molecule has 0 N–H and O–H groups in total. The number of nitrogens with zero attached hydrogens (tertiary/aromatic N) is 2. The summed E-state index contributed by atoms with van der Waals surface area (Å²) < 4.78 is 60.8. The van der Waals surface area contributed by atoms with Gasteiger partial charge in [0.25, 0.3) is 0 Å². The highest BCUT2D eigenvalue weighted by molar-refractivity contribution is 7.86. The first-order chi connectivity index (χ1) is 10.1. The summed E-state index contributed by atoms with van der Waals surface area (Å²) in [6, 6.07) is 0.814. The van der Waals surface area contributed by atoms with E-state index in [4.69, 9.17) is 0 Å². The van der Waals surface area contributed by atoms with Gasteiger partial charge in [0.15, 0.2) is 0 Å². The Morgan fingerprint density at radius 3 is 2.50 bits per heavy atom. The van der Waals surface area contributed by atoms with Crippen LogP contribution in [-0.2, 0) is 15.0 Å². The number of benzene rings is 1. The Hall–Kier alpha value is -2.17. The zero-order valence-corrected chi connectivity index (χ0v) is 11.6. The van der Waals surface area contributed by atoms with Crippen LogP contribution < -0.4 is 4.90 Å². The standard InChI is InChI=1S/C11H9F3N2O5S/c12-7-2-8(13)10(16(18)19)3-9(7)15-4-6(1-11(15)17)5-22(14,20)21/h2-3,6H,1,4-5H2. The lowest BCUT2D eigenvalue weighted by Crippen LogP contribution is -2.26. The van der Waals surface area contributed by atoms with Gasteiger partial charge in [-0.05, 0) is 0 Å². The lowest BCUT2D eigenvalue weighted by Gasteiger charge is -2.17. The fourth-order valence-corrected chi connectivity index (χ4v) is 3.07. The van der Waals surface area contributed by atoms with Gasteiger partial charge in [-0.1, -0.05) is 0 Å². The fourth-order valence-electron chi connectivity index (χ4n) is 2.28. The van der Waals surface area contributed by atoms with E-state index in [9.17, 15) is 36.0 Å². The minimum Gasteiger partial charge on any atom is -0.309 e. The van der Waals surface area contributed by atoms with Gasteiger partial charge in [0, 0.05) is 31.0 Å². The highest BCUT2D eigenvalue weighted by Gasteiger charge is 2.36. The van der Waals surface area contributed by atoms with Gasteiger partial charge in [-0.15, -0.1) is 3.89 Å². The molecule has 22 heavy (non-hydrogen) atoms. The highest BCUT2D eigenvalue weighted by Crippen LogP contribution is 2.32. The number of halogens is 3. The first-order valence-corrected chi connectivity index (χ1v) is 7.50. The summed E-state index contributed by atoms with van der Waals surface area (Å²) in [6.45, 7) is -0.332. The molecule has 0 aliphatic carbocycles. The van der Waals surface area contributed by atoms with E-state index in [1.54, 1.807) is 0 Å². The molecule has 1 aromatic rings. The Morgan fingerprint density at radius 1 is 1.32 bits per heavy atom. The van der Waals surface area contributed by atoms with E-state index in [0.29, 0.717) is 6.07 Å². The molecule has 7 nitrogen and oxygen atoms in total. The molecule has 0 bridgehead atoms. The van der Waals surface area contributed by atoms with Crippen LogP contribution in [0.5, 0.6) is 0 Å². The second kappa shape index (κ2) is 5.55. The maximum Gasteiger partial charge on any atom is 0.307 e. The number of hydrogen-bond donors (Lipinski definition) is 0. The summed E-state index contributed by atoms with van der Waals surface area (Å²) in [5.74, 6) is -5.17. The molecule has 0 aromatic heterocycles. The van der Waals surface area contributed by atoms with Crippen LogP contribution in [0, 0.1) is 27.7 Å². The van der Waals surface area contributed by atoms with Crippen molar-refractivity contribution in [2.45, 2.75) is 6.42 Å². The molecule has 0 radical (unpaired) electrons. The largest absolute Gasteiger partial charge is 0.309 e. The number of hydrogen-bond acceptors (Lipinski definition) is 5. The number of rotatable bonds is 4. The zero-order chi connectivity index (χ0) is 16.7. The Labute approximate surface area is 122 Å². The molecular formula is C11H9F3N2O5S. The maximum absolute atomic E-state index is 13.7. The molecule has 1 aliphatic heterocycles. The number of amides is 1. The SMILES string of the molecule is O=C1CC(CS(=O)(=O)F)CN1c1cc([N+](=O)[O-])c(F)cc1F. The molecule has 0 saturated carbocycles. The average Bonchev–Trinajstić information content (AvgIpc) is 2.67. The van der Waals surface area contributed by atoms with E-state index >= 15 is 0 Å². The molecule has 1 amide bonds. The van der Waals surface area contributed by atoms with Crippen molar-refractivity contribution in [3.63, 3.8) is 0 Å². The first-order valence-electron chi connectivity index (χ1n) is 5.94. The minimum absolute atomic E-state index is 0.264. The van der Waals surface area contributed by atoms with E-state index in [2.05, 4.69) is 0 Å². The van der Waals surface area contributed by atoms with Gasteiger partial charge in [0.1, 0.15) is 5.82 Å². The van der Waals surface area contributed by atoms with Gasteiger partial charge in [0.05, 0.1) is 16.4 Å². The van der Waals surface area contributed by atoms with Crippen LogP contribution in [0.15, 0.2) is 12.1 Å². The molecule has 1 aromatic carbocycles. The monoisotopic (exact) mass is 338 g/mol. The van der Waals surface area contributed by atoms with E-state index in [1.165, 1.54) is 0 Å². The Morgan fingerprint density at radius 2 is 1.95 bits per heavy atom. The third kappa shape index (κ3) is 3.35. The predicted molar refractivity (Wildman–Crippen MR) is 68.4 cm³/mol. The third-order valence-corrected chi connectivity index (χ3v) is 4.01. The van der Waals surface area contributed by atoms with E-state index in [0.717, 1.165) is 4.90 Å². The molecular weight excluding hydrogens is 329 g/mol. The Kier molecular flexibility index (Phi) is 4.09. The van der Waals surface area contributed by atoms with Crippen LogP contribution in [0.1, 0.15) is 6.42 Å². The summed E-state index contributed by atoms with van der Waals surface area (Å²) in [6.07, 6.45) is -0.353. The van der Waals surface area contributed by atoms with Gasteiger partial charge in [-0.25, -0.2) is 4.39 Å². The molecule has 1 unspecified atom stereocenters. The summed E-state index contributed by atoms with van der Waals surface area (Å²) in [4.78, 5) is 22.1. The maximum atomic E-state index is 13.7. The number of carbonyl (C=O) groups is 1. The molecule has 11 heteroatoms. The molecule has 2 rings (SSSR count). The molecule has 1 fully saturated rings. The van der Waals surface area contributed by atoms with Gasteiger partial charge in [0.2, 0.25) is 11.7 Å². The van der Waals surface area contributed by atoms with Crippen LogP contribution >= 0.6 is 0 Å². The molecule has 1 aliphatic rings. The van der Waals surface area contributed by atoms with Crippen LogP contribution in [0.4, 0.5) is 24.0 Å². The Balaban J connectivity index is 2.34. The minimum atomic E-state index is -4.82. The normalized spacial score (nSPS) is 18.8. The number of nitro groups is 1. The van der Waals surface area contributed by atoms with Crippen molar-refractivity contribution >= 4 is 27.5 Å². The van der Waals surface area contributed by atoms with E-state index in [-0.39, 0.29) is 19.0 Å². The topological polar surface area (TPSA) is 97.6 Å². The average molecular weight is 338 g/mol. The lowest BCUT2D eigenvalue weighted by molar-refractivity contribution is -0.387. The van der Waals surface area contributed by atoms with Crippen molar-refractivity contribution in [2.24, 2.45) is 5.92 Å². The predicted octanol–water partition coefficient (Wildman–Crippen LogP) is 1.53. The second-order valence-corrected chi connectivity index (χ2v) is 6.20. The summed E-state index contributed by atoms with van der Waals surface area (Å²) in [5, 5.41) is 10.6. The fraction of sp³-hybridized carbons (Fsp3) is 0.364. The molecule has 1 saturated heterocycles. The lowest BCUT2D eigenvalue weighted by atomic mass is 10.1. The molecule has 120 valence electrons. The van der Waals surface area contributed by atoms with Gasteiger partial charge < -0.3 is 4.90 Å². The molecule has 1 heterocycles. The number of nitro benzene ring substituents is 1. The van der Waals surface area contributed by atoms with Gasteiger partial charge >= 0.3 is 15.9 Å². The molecule has 0 spiro atoms. The quantitative estimate of drug-likeness (QED) is 0.471. The van der Waals surface area contributed by atoms with Crippen molar-refractivity contribution in [3.8, 4) is 0 Å². The number of anilines is 1. The van der Waals surface area contributed by atoms with Crippen molar-refractivity contribution in [3.05, 3.63) is 33.9 Å². The summed E-state index contributed by atoms with van der Waals surface area (Å²) in [7, 11) is -4.82. The molecule has 1 atom stereocenters. The van der Waals surface area contributed by atoms with Gasteiger partial charge in [-0.3, -0.25) is 14.9 Å². The second-order valence-electron chi connectivity index (χ2n) is 4.79. The smallest absolute Gasteiger partial charge is 0.307 e. The van der Waals surface area contributed by atoms with Crippen LogP contribution in [0.3, 0.4) is 0 Å². The summed E-state index contributed by atoms with van der Waals surface area (Å²) in [5.41, 5.74) is -1.57.